The zero-order valence-electron chi connectivity index (χ0n) is 24.8. The van der Waals surface area contributed by atoms with E-state index >= 15 is 0 Å². The van der Waals surface area contributed by atoms with Crippen LogP contribution in [0.25, 0.3) is 33.4 Å². The highest BCUT2D eigenvalue weighted by Gasteiger charge is 2.18. The molecule has 4 N–H and O–H groups in total. The molecule has 0 bridgehead atoms. The number of rotatable bonds is 10. The van der Waals surface area contributed by atoms with Crippen molar-refractivity contribution >= 4 is 28.4 Å². The van der Waals surface area contributed by atoms with Crippen LogP contribution in [0.15, 0.2) is 79.1 Å². The van der Waals surface area contributed by atoms with Crippen molar-refractivity contribution in [2.24, 2.45) is 0 Å². The fourth-order valence-corrected chi connectivity index (χ4v) is 5.46. The number of nitrogens with zero attached hydrogens (tertiary/aromatic N) is 5. The van der Waals surface area contributed by atoms with Crippen molar-refractivity contribution in [2.75, 3.05) is 56.9 Å². The van der Waals surface area contributed by atoms with Gasteiger partial charge in [0, 0.05) is 98.3 Å². The normalized spacial score (nSPS) is 14.3. The van der Waals surface area contributed by atoms with E-state index in [0.29, 0.717) is 5.69 Å². The van der Waals surface area contributed by atoms with Crippen LogP contribution in [0, 0.1) is 0 Å². The van der Waals surface area contributed by atoms with Crippen LogP contribution < -0.4 is 16.0 Å². The van der Waals surface area contributed by atoms with Gasteiger partial charge in [0.2, 0.25) is 0 Å². The van der Waals surface area contributed by atoms with Crippen LogP contribution in [0.5, 0.6) is 0 Å². The standard InChI is InChI=1S/C33H39N9O/c1-3-42-23-30(31(39-42)24-9-11-26(12-10-24)38-33(43)37-25-7-5-4-6-8-25)28-13-14-35-32-29(28)21-27(36-32)22-34-15-16-41-19-17-40(2)18-20-41/h4-14,21,23,34H,3,15-20,22H2,1-2H3,(H,35,36)(H2,37,38,43). The summed E-state index contributed by atoms with van der Waals surface area (Å²) in [6.07, 6.45) is 3.95. The second-order valence-corrected chi connectivity index (χ2v) is 11.0. The second kappa shape index (κ2) is 13.2. The average Bonchev–Trinajstić information content (AvgIpc) is 3.65. The van der Waals surface area contributed by atoms with E-state index in [1.807, 2.05) is 65.5 Å². The van der Waals surface area contributed by atoms with E-state index in [9.17, 15) is 4.79 Å². The van der Waals surface area contributed by atoms with Crippen LogP contribution in [-0.4, -0.2) is 81.9 Å². The van der Waals surface area contributed by atoms with E-state index < -0.39 is 0 Å². The van der Waals surface area contributed by atoms with E-state index in [1.165, 1.54) is 0 Å². The number of hydrogen-bond donors (Lipinski definition) is 4. The lowest BCUT2D eigenvalue weighted by Gasteiger charge is -2.32. The number of amides is 2. The molecule has 0 aliphatic carbocycles. The highest BCUT2D eigenvalue weighted by Crippen LogP contribution is 2.35. The van der Waals surface area contributed by atoms with Gasteiger partial charge in [0.15, 0.2) is 0 Å². The predicted octanol–water partition coefficient (Wildman–Crippen LogP) is 5.09. The van der Waals surface area contributed by atoms with Gasteiger partial charge in [-0.15, -0.1) is 0 Å². The number of aromatic amines is 1. The van der Waals surface area contributed by atoms with Crippen molar-refractivity contribution in [3.8, 4) is 22.4 Å². The molecule has 0 unspecified atom stereocenters. The zero-order valence-corrected chi connectivity index (χ0v) is 24.8. The van der Waals surface area contributed by atoms with Gasteiger partial charge in [0.05, 0.1) is 0 Å². The molecule has 0 spiro atoms. The molecule has 3 aromatic heterocycles. The van der Waals surface area contributed by atoms with Crippen molar-refractivity contribution in [1.82, 2.24) is 34.9 Å². The Bertz CT molecular complexity index is 1650. The Morgan fingerprint density at radius 2 is 1.67 bits per heavy atom. The number of para-hydroxylation sites is 1. The highest BCUT2D eigenvalue weighted by molar-refractivity contribution is 6.00. The summed E-state index contributed by atoms with van der Waals surface area (Å²) >= 11 is 0. The molecular weight excluding hydrogens is 538 g/mol. The molecule has 43 heavy (non-hydrogen) atoms. The first kappa shape index (κ1) is 28.6. The van der Waals surface area contributed by atoms with E-state index in [4.69, 9.17) is 5.10 Å². The number of H-pyrrole nitrogens is 1. The molecule has 1 aliphatic rings. The summed E-state index contributed by atoms with van der Waals surface area (Å²) in [6.45, 7) is 10.2. The first-order chi connectivity index (χ1) is 21.1. The molecule has 2 aromatic carbocycles. The summed E-state index contributed by atoms with van der Waals surface area (Å²) in [6, 6.07) is 21.2. The molecular formula is C33H39N9O. The minimum Gasteiger partial charge on any atom is -0.342 e. The van der Waals surface area contributed by atoms with Gasteiger partial charge in [-0.2, -0.15) is 5.10 Å². The Morgan fingerprint density at radius 1 is 0.930 bits per heavy atom. The molecule has 0 radical (unpaired) electrons. The van der Waals surface area contributed by atoms with Gasteiger partial charge >= 0.3 is 6.03 Å². The van der Waals surface area contributed by atoms with Crippen molar-refractivity contribution in [2.45, 2.75) is 20.0 Å². The smallest absolute Gasteiger partial charge is 0.323 e. The summed E-state index contributed by atoms with van der Waals surface area (Å²) in [5.74, 6) is 0. The Hall–Kier alpha value is -4.51. The van der Waals surface area contributed by atoms with Crippen LogP contribution >= 0.6 is 0 Å². The minimum atomic E-state index is -0.286. The largest absolute Gasteiger partial charge is 0.342 e. The number of aryl methyl sites for hydroxylation is 1. The second-order valence-electron chi connectivity index (χ2n) is 11.0. The van der Waals surface area contributed by atoms with Gasteiger partial charge in [0.25, 0.3) is 0 Å². The van der Waals surface area contributed by atoms with Crippen LogP contribution in [0.4, 0.5) is 16.2 Å². The quantitative estimate of drug-likeness (QED) is 0.172. The summed E-state index contributed by atoms with van der Waals surface area (Å²) in [5.41, 5.74) is 7.42. The Balaban J connectivity index is 1.16. The fourth-order valence-electron chi connectivity index (χ4n) is 5.46. The summed E-state index contributed by atoms with van der Waals surface area (Å²) in [7, 11) is 2.19. The third-order valence-corrected chi connectivity index (χ3v) is 7.93. The van der Waals surface area contributed by atoms with Crippen LogP contribution in [-0.2, 0) is 13.1 Å². The molecule has 1 fully saturated rings. The number of benzene rings is 2. The first-order valence-corrected chi connectivity index (χ1v) is 15.0. The predicted molar refractivity (Wildman–Crippen MR) is 173 cm³/mol. The van der Waals surface area contributed by atoms with Gasteiger partial charge < -0.3 is 25.8 Å². The van der Waals surface area contributed by atoms with Gasteiger partial charge in [-0.3, -0.25) is 9.58 Å². The lowest BCUT2D eigenvalue weighted by molar-refractivity contribution is 0.154. The molecule has 0 atom stereocenters. The number of aromatic nitrogens is 4. The maximum Gasteiger partial charge on any atom is 0.323 e. The highest BCUT2D eigenvalue weighted by atomic mass is 16.2. The molecule has 4 heterocycles. The molecule has 222 valence electrons. The van der Waals surface area contributed by atoms with Gasteiger partial charge in [0.1, 0.15) is 11.3 Å². The summed E-state index contributed by atoms with van der Waals surface area (Å²) < 4.78 is 1.96. The number of pyridine rings is 1. The van der Waals surface area contributed by atoms with Crippen molar-refractivity contribution < 1.29 is 4.79 Å². The van der Waals surface area contributed by atoms with Crippen LogP contribution in [0.3, 0.4) is 0 Å². The monoisotopic (exact) mass is 577 g/mol. The molecule has 10 heteroatoms. The molecule has 0 saturated carbocycles. The number of hydrogen-bond acceptors (Lipinski definition) is 6. The molecule has 1 aliphatic heterocycles. The number of urea groups is 1. The number of fused-ring (bicyclic) bond motifs is 1. The topological polar surface area (TPSA) is 106 Å². The van der Waals surface area contributed by atoms with E-state index in [-0.39, 0.29) is 6.03 Å². The third-order valence-electron chi connectivity index (χ3n) is 7.93. The molecule has 10 nitrogen and oxygen atoms in total. The van der Waals surface area contributed by atoms with E-state index in [1.54, 1.807) is 0 Å². The van der Waals surface area contributed by atoms with Crippen molar-refractivity contribution in [1.29, 1.82) is 0 Å². The number of carbonyl (C=O) groups is 1. The van der Waals surface area contributed by atoms with Gasteiger partial charge in [-0.25, -0.2) is 9.78 Å². The van der Waals surface area contributed by atoms with E-state index in [0.717, 1.165) is 97.2 Å². The maximum absolute atomic E-state index is 12.5. The molecule has 5 aromatic rings. The SMILES string of the molecule is CCn1cc(-c2ccnc3[nH]c(CNCCN4CCN(C)CC4)cc23)c(-c2ccc(NC(=O)Nc3ccccc3)cc2)n1. The zero-order chi connectivity index (χ0) is 29.6. The average molecular weight is 578 g/mol. The van der Waals surface area contributed by atoms with Gasteiger partial charge in [-0.1, -0.05) is 30.3 Å². The van der Waals surface area contributed by atoms with Crippen LogP contribution in [0.1, 0.15) is 12.6 Å². The molecule has 2 amide bonds. The summed E-state index contributed by atoms with van der Waals surface area (Å²) in [4.78, 5) is 25.5. The Labute approximate surface area is 252 Å². The Morgan fingerprint density at radius 3 is 2.42 bits per heavy atom. The number of carbonyl (C=O) groups excluding carboxylic acids is 1. The lowest BCUT2D eigenvalue weighted by Crippen LogP contribution is -2.46. The minimum absolute atomic E-state index is 0.286. The number of piperazine rings is 1. The number of nitrogens with one attached hydrogen (secondary N) is 4. The number of anilines is 2. The summed E-state index contributed by atoms with van der Waals surface area (Å²) in [5, 5.41) is 15.3. The van der Waals surface area contributed by atoms with Crippen LogP contribution in [0.2, 0.25) is 0 Å². The van der Waals surface area contributed by atoms with E-state index in [2.05, 4.69) is 68.0 Å². The molecule has 1 saturated heterocycles. The number of likely N-dealkylation sites (N-methyl/N-ethyl adjacent to an activating group) is 1. The fraction of sp³-hybridized carbons (Fsp3) is 0.303. The third kappa shape index (κ3) is 6.94. The Kier molecular flexibility index (Phi) is 8.78. The van der Waals surface area contributed by atoms with Gasteiger partial charge in [-0.05, 0) is 55.9 Å². The lowest BCUT2D eigenvalue weighted by atomic mass is 10.00. The van der Waals surface area contributed by atoms with Crippen molar-refractivity contribution in [3.63, 3.8) is 0 Å². The van der Waals surface area contributed by atoms with Crippen molar-refractivity contribution in [3.05, 3.63) is 84.8 Å². The molecule has 6 rings (SSSR count). The maximum atomic E-state index is 12.5. The first-order valence-electron chi connectivity index (χ1n) is 15.0.